The molecule has 124 valence electrons. The predicted octanol–water partition coefficient (Wildman–Crippen LogP) is 3.42. The van der Waals surface area contributed by atoms with Crippen LogP contribution in [-0.2, 0) is 9.53 Å². The number of carbonyl (C=O) groups excluding carboxylic acids is 1. The highest BCUT2D eigenvalue weighted by Crippen LogP contribution is 2.20. The smallest absolute Gasteiger partial charge is 0.319 e. The lowest BCUT2D eigenvalue weighted by atomic mass is 10.0. The fourth-order valence-electron chi connectivity index (χ4n) is 2.85. The van der Waals surface area contributed by atoms with Gasteiger partial charge in [0.15, 0.2) is 0 Å². The second kappa shape index (κ2) is 7.88. The quantitative estimate of drug-likeness (QED) is 0.626. The van der Waals surface area contributed by atoms with Gasteiger partial charge in [0.25, 0.3) is 0 Å². The molecule has 1 aliphatic heterocycles. The largest absolute Gasteiger partial charge is 0.460 e. The number of nitrogens with zero attached hydrogens (tertiary/aromatic N) is 2. The summed E-state index contributed by atoms with van der Waals surface area (Å²) in [6, 6.07) is 19.3. The maximum atomic E-state index is 12.7. The molecule has 1 unspecified atom stereocenters. The van der Waals surface area contributed by atoms with Gasteiger partial charge in [-0.1, -0.05) is 48.5 Å². The molecular weight excluding hydrogens is 300 g/mol. The van der Waals surface area contributed by atoms with Gasteiger partial charge in [-0.15, -0.1) is 0 Å². The second-order valence-corrected chi connectivity index (χ2v) is 6.11. The van der Waals surface area contributed by atoms with E-state index in [1.54, 1.807) is 6.21 Å². The van der Waals surface area contributed by atoms with Crippen LogP contribution in [0.4, 0.5) is 5.69 Å². The Labute approximate surface area is 142 Å². The highest BCUT2D eigenvalue weighted by atomic mass is 16.5. The number of benzene rings is 2. The van der Waals surface area contributed by atoms with Crippen LogP contribution >= 0.6 is 0 Å². The Morgan fingerprint density at radius 1 is 1.17 bits per heavy atom. The van der Waals surface area contributed by atoms with Crippen molar-refractivity contribution in [2.75, 3.05) is 20.1 Å². The second-order valence-electron chi connectivity index (χ2n) is 6.11. The molecule has 1 heterocycles. The first-order valence-electron chi connectivity index (χ1n) is 8.25. The molecule has 0 N–H and O–H groups in total. The van der Waals surface area contributed by atoms with Crippen LogP contribution in [0.2, 0.25) is 0 Å². The third kappa shape index (κ3) is 4.30. The standard InChI is InChI=1S/C20H22N2O2/c1-22-13-12-18(15-22)24-20(23)19(16-8-4-2-5-9-16)14-21-17-10-6-3-7-11-17/h2-11,14,18-19H,12-13,15H2,1H3/t18-,19?/m1/s1. The SMILES string of the molecule is CN1CC[C@@H](OC(=O)C(C=Nc2ccccc2)c2ccccc2)C1. The molecule has 0 bridgehead atoms. The van der Waals surface area contributed by atoms with Crippen LogP contribution in [0, 0.1) is 0 Å². The third-order valence-corrected chi connectivity index (χ3v) is 4.17. The molecule has 0 spiro atoms. The molecule has 1 saturated heterocycles. The van der Waals surface area contributed by atoms with E-state index >= 15 is 0 Å². The molecule has 0 aliphatic carbocycles. The number of esters is 1. The first kappa shape index (κ1) is 16.4. The van der Waals surface area contributed by atoms with E-state index in [9.17, 15) is 4.79 Å². The molecule has 0 saturated carbocycles. The zero-order valence-corrected chi connectivity index (χ0v) is 13.8. The van der Waals surface area contributed by atoms with E-state index in [1.165, 1.54) is 0 Å². The highest BCUT2D eigenvalue weighted by Gasteiger charge is 2.27. The summed E-state index contributed by atoms with van der Waals surface area (Å²) >= 11 is 0. The molecule has 4 nitrogen and oxygen atoms in total. The van der Waals surface area contributed by atoms with Gasteiger partial charge in [-0.2, -0.15) is 0 Å². The molecule has 1 aliphatic rings. The Balaban J connectivity index is 1.77. The van der Waals surface area contributed by atoms with E-state index in [0.29, 0.717) is 0 Å². The fraction of sp³-hybridized carbons (Fsp3) is 0.300. The first-order chi connectivity index (χ1) is 11.7. The van der Waals surface area contributed by atoms with Gasteiger partial charge in [0.05, 0.1) is 5.69 Å². The van der Waals surface area contributed by atoms with E-state index in [4.69, 9.17) is 4.74 Å². The minimum absolute atomic E-state index is 0.0289. The Morgan fingerprint density at radius 3 is 2.46 bits per heavy atom. The summed E-state index contributed by atoms with van der Waals surface area (Å²) in [6.07, 6.45) is 2.55. The minimum Gasteiger partial charge on any atom is -0.460 e. The van der Waals surface area contributed by atoms with Gasteiger partial charge < -0.3 is 9.64 Å². The molecule has 0 aromatic heterocycles. The number of rotatable bonds is 5. The monoisotopic (exact) mass is 322 g/mol. The summed E-state index contributed by atoms with van der Waals surface area (Å²) in [5, 5.41) is 0. The molecule has 2 aromatic rings. The molecular formula is C20H22N2O2. The molecule has 2 aromatic carbocycles. The van der Waals surface area contributed by atoms with E-state index in [-0.39, 0.29) is 12.1 Å². The fourth-order valence-corrected chi connectivity index (χ4v) is 2.85. The number of aliphatic imine (C=N–C) groups is 1. The van der Waals surface area contributed by atoms with Crippen LogP contribution < -0.4 is 0 Å². The first-order valence-corrected chi connectivity index (χ1v) is 8.25. The van der Waals surface area contributed by atoms with Crippen molar-refractivity contribution in [3.05, 3.63) is 66.2 Å². The lowest BCUT2D eigenvalue weighted by Gasteiger charge is -2.17. The van der Waals surface area contributed by atoms with Crippen molar-refractivity contribution in [1.82, 2.24) is 4.90 Å². The zero-order valence-electron chi connectivity index (χ0n) is 13.8. The summed E-state index contributed by atoms with van der Waals surface area (Å²) in [5.74, 6) is -0.724. The van der Waals surface area contributed by atoms with Gasteiger partial charge in [0.2, 0.25) is 0 Å². The molecule has 2 atom stereocenters. The molecule has 0 radical (unpaired) electrons. The number of carbonyl (C=O) groups is 1. The minimum atomic E-state index is -0.489. The molecule has 1 fully saturated rings. The summed E-state index contributed by atoms with van der Waals surface area (Å²) < 4.78 is 5.71. The molecule has 24 heavy (non-hydrogen) atoms. The van der Waals surface area contributed by atoms with Gasteiger partial charge in [0, 0.05) is 19.3 Å². The molecule has 4 heteroatoms. The number of hydrogen-bond donors (Lipinski definition) is 0. The Hall–Kier alpha value is -2.46. The highest BCUT2D eigenvalue weighted by molar-refractivity contribution is 5.96. The van der Waals surface area contributed by atoms with E-state index < -0.39 is 5.92 Å². The van der Waals surface area contributed by atoms with Gasteiger partial charge in [-0.05, 0) is 31.2 Å². The summed E-state index contributed by atoms with van der Waals surface area (Å²) in [5.41, 5.74) is 1.72. The van der Waals surface area contributed by atoms with Crippen LogP contribution in [0.5, 0.6) is 0 Å². The van der Waals surface area contributed by atoms with Crippen molar-refractivity contribution in [1.29, 1.82) is 0 Å². The van der Waals surface area contributed by atoms with Gasteiger partial charge >= 0.3 is 5.97 Å². The van der Waals surface area contributed by atoms with Crippen molar-refractivity contribution < 1.29 is 9.53 Å². The van der Waals surface area contributed by atoms with E-state index in [0.717, 1.165) is 30.8 Å². The average molecular weight is 322 g/mol. The van der Waals surface area contributed by atoms with Crippen LogP contribution in [0.1, 0.15) is 17.9 Å². The lowest BCUT2D eigenvalue weighted by Crippen LogP contribution is -2.26. The van der Waals surface area contributed by atoms with Gasteiger partial charge in [-0.25, -0.2) is 0 Å². The Bertz CT molecular complexity index is 685. The lowest BCUT2D eigenvalue weighted by molar-refractivity contribution is -0.148. The zero-order chi connectivity index (χ0) is 16.8. The molecule has 0 amide bonds. The summed E-state index contributed by atoms with van der Waals surface area (Å²) in [4.78, 5) is 19.3. The number of para-hydroxylation sites is 1. The van der Waals surface area contributed by atoms with Crippen molar-refractivity contribution in [2.45, 2.75) is 18.4 Å². The number of ether oxygens (including phenoxy) is 1. The van der Waals surface area contributed by atoms with Crippen LogP contribution in [-0.4, -0.2) is 43.3 Å². The number of likely N-dealkylation sites (tertiary alicyclic amines) is 1. The Kier molecular flexibility index (Phi) is 5.39. The normalized spacial score (nSPS) is 19.5. The maximum Gasteiger partial charge on any atom is 0.319 e. The van der Waals surface area contributed by atoms with Crippen LogP contribution in [0.15, 0.2) is 65.7 Å². The number of likely N-dealkylation sites (N-methyl/N-ethyl adjacent to an activating group) is 1. The Morgan fingerprint density at radius 2 is 1.83 bits per heavy atom. The van der Waals surface area contributed by atoms with Crippen molar-refractivity contribution in [3.63, 3.8) is 0 Å². The van der Waals surface area contributed by atoms with E-state index in [1.807, 2.05) is 67.7 Å². The average Bonchev–Trinajstić information content (AvgIpc) is 3.02. The van der Waals surface area contributed by atoms with Crippen LogP contribution in [0.25, 0.3) is 0 Å². The van der Waals surface area contributed by atoms with Gasteiger partial charge in [-0.3, -0.25) is 9.79 Å². The van der Waals surface area contributed by atoms with Crippen LogP contribution in [0.3, 0.4) is 0 Å². The van der Waals surface area contributed by atoms with Gasteiger partial charge in [0.1, 0.15) is 12.0 Å². The maximum absolute atomic E-state index is 12.7. The van der Waals surface area contributed by atoms with E-state index in [2.05, 4.69) is 9.89 Å². The number of hydrogen-bond acceptors (Lipinski definition) is 4. The van der Waals surface area contributed by atoms with Crippen molar-refractivity contribution in [3.8, 4) is 0 Å². The summed E-state index contributed by atoms with van der Waals surface area (Å²) in [6.45, 7) is 1.76. The third-order valence-electron chi connectivity index (χ3n) is 4.17. The van der Waals surface area contributed by atoms with Crippen molar-refractivity contribution >= 4 is 17.9 Å². The van der Waals surface area contributed by atoms with Crippen molar-refractivity contribution in [2.24, 2.45) is 4.99 Å². The molecule has 3 rings (SSSR count). The topological polar surface area (TPSA) is 41.9 Å². The summed E-state index contributed by atoms with van der Waals surface area (Å²) in [7, 11) is 2.04. The predicted molar refractivity (Wildman–Crippen MR) is 95.8 cm³/mol.